The molecule has 100 valence electrons. The van der Waals surface area contributed by atoms with E-state index in [0.29, 0.717) is 18.0 Å². The van der Waals surface area contributed by atoms with Gasteiger partial charge in [-0.2, -0.15) is 0 Å². The second-order valence-electron chi connectivity index (χ2n) is 5.43. The van der Waals surface area contributed by atoms with Gasteiger partial charge in [-0.3, -0.25) is 0 Å². The average Bonchev–Trinajstić information content (AvgIpc) is 2.87. The number of nitrogens with one attached hydrogen (secondary N) is 1. The number of aliphatic hydroxyl groups is 1. The zero-order chi connectivity index (χ0) is 12.4. The molecular formula is C14H21NO2S. The topological polar surface area (TPSA) is 41.5 Å². The van der Waals surface area contributed by atoms with Crippen LogP contribution in [0.5, 0.6) is 0 Å². The number of hydrogen-bond donors (Lipinski definition) is 2. The summed E-state index contributed by atoms with van der Waals surface area (Å²) in [6, 6.07) is 5.33. The molecule has 2 N–H and O–H groups in total. The van der Waals surface area contributed by atoms with Crippen LogP contribution in [0.15, 0.2) is 17.5 Å². The summed E-state index contributed by atoms with van der Waals surface area (Å²) in [5.41, 5.74) is 0. The van der Waals surface area contributed by atoms with Gasteiger partial charge >= 0.3 is 0 Å². The molecule has 0 amide bonds. The Morgan fingerprint density at radius 3 is 2.72 bits per heavy atom. The van der Waals surface area contributed by atoms with Crippen LogP contribution in [-0.4, -0.2) is 30.5 Å². The van der Waals surface area contributed by atoms with Gasteiger partial charge in [0.2, 0.25) is 0 Å². The Hall–Kier alpha value is -0.420. The highest BCUT2D eigenvalue weighted by atomic mass is 32.1. The van der Waals surface area contributed by atoms with Crippen LogP contribution < -0.4 is 5.32 Å². The maximum atomic E-state index is 9.53. The van der Waals surface area contributed by atoms with Crippen LogP contribution >= 0.6 is 11.3 Å². The molecule has 18 heavy (non-hydrogen) atoms. The first kappa shape index (κ1) is 12.6. The Labute approximate surface area is 112 Å². The van der Waals surface area contributed by atoms with Crippen LogP contribution in [0.4, 0.5) is 0 Å². The summed E-state index contributed by atoms with van der Waals surface area (Å²) in [7, 11) is 0. The summed E-state index contributed by atoms with van der Waals surface area (Å²) in [6.07, 6.45) is 4.03. The summed E-state index contributed by atoms with van der Waals surface area (Å²) in [5, 5.41) is 15.5. The van der Waals surface area contributed by atoms with Crippen molar-refractivity contribution in [1.82, 2.24) is 5.32 Å². The van der Waals surface area contributed by atoms with Gasteiger partial charge in [0.25, 0.3) is 0 Å². The fraction of sp³-hybridized carbons (Fsp3) is 0.714. The molecule has 2 aliphatic rings. The van der Waals surface area contributed by atoms with Gasteiger partial charge in [-0.15, -0.1) is 11.3 Å². The SMILES string of the molecule is OC1CC(C(NC2CCOCC2)c2cccs2)C1. The highest BCUT2D eigenvalue weighted by Gasteiger charge is 2.36. The Bertz CT molecular complexity index is 356. The van der Waals surface area contributed by atoms with Gasteiger partial charge in [-0.05, 0) is 43.0 Å². The third-order valence-electron chi connectivity index (χ3n) is 4.11. The number of thiophene rings is 1. The maximum absolute atomic E-state index is 9.53. The van der Waals surface area contributed by atoms with Gasteiger partial charge in [0.05, 0.1) is 6.10 Å². The number of ether oxygens (including phenoxy) is 1. The number of hydrogen-bond acceptors (Lipinski definition) is 4. The van der Waals surface area contributed by atoms with Crippen LogP contribution in [0.1, 0.15) is 36.6 Å². The molecular weight excluding hydrogens is 246 g/mol. The highest BCUT2D eigenvalue weighted by Crippen LogP contribution is 2.40. The molecule has 1 aromatic heterocycles. The van der Waals surface area contributed by atoms with E-state index in [1.807, 2.05) is 11.3 Å². The van der Waals surface area contributed by atoms with Crippen molar-refractivity contribution in [3.8, 4) is 0 Å². The maximum Gasteiger partial charge on any atom is 0.0547 e. The fourth-order valence-electron chi connectivity index (χ4n) is 2.94. The third kappa shape index (κ3) is 2.77. The van der Waals surface area contributed by atoms with Gasteiger partial charge in [0, 0.05) is 30.2 Å². The third-order valence-corrected chi connectivity index (χ3v) is 5.06. The smallest absolute Gasteiger partial charge is 0.0547 e. The molecule has 2 fully saturated rings. The molecule has 1 aliphatic carbocycles. The Kier molecular flexibility index (Phi) is 3.99. The van der Waals surface area contributed by atoms with E-state index in [1.165, 1.54) is 4.88 Å². The molecule has 0 radical (unpaired) electrons. The monoisotopic (exact) mass is 267 g/mol. The van der Waals surface area contributed by atoms with Gasteiger partial charge < -0.3 is 15.2 Å². The van der Waals surface area contributed by atoms with Crippen LogP contribution in [0.25, 0.3) is 0 Å². The van der Waals surface area contributed by atoms with E-state index in [-0.39, 0.29) is 6.10 Å². The molecule has 0 spiro atoms. The summed E-state index contributed by atoms with van der Waals surface area (Å²) < 4.78 is 5.41. The minimum Gasteiger partial charge on any atom is -0.393 e. The predicted octanol–water partition coefficient (Wildman–Crippen LogP) is 2.33. The second-order valence-corrected chi connectivity index (χ2v) is 6.41. The molecule has 0 aromatic carbocycles. The van der Waals surface area contributed by atoms with E-state index in [1.54, 1.807) is 0 Å². The molecule has 1 saturated carbocycles. The van der Waals surface area contributed by atoms with Crippen LogP contribution in [0.2, 0.25) is 0 Å². The zero-order valence-corrected chi connectivity index (χ0v) is 11.4. The molecule has 1 unspecified atom stereocenters. The van der Waals surface area contributed by atoms with Crippen molar-refractivity contribution >= 4 is 11.3 Å². The fourth-order valence-corrected chi connectivity index (χ4v) is 3.82. The summed E-state index contributed by atoms with van der Waals surface area (Å²) >= 11 is 1.82. The van der Waals surface area contributed by atoms with E-state index in [2.05, 4.69) is 22.8 Å². The molecule has 0 bridgehead atoms. The first-order valence-electron chi connectivity index (χ1n) is 6.88. The quantitative estimate of drug-likeness (QED) is 0.880. The zero-order valence-electron chi connectivity index (χ0n) is 10.5. The summed E-state index contributed by atoms with van der Waals surface area (Å²) in [6.45, 7) is 1.75. The molecule has 3 nitrogen and oxygen atoms in total. The first-order valence-corrected chi connectivity index (χ1v) is 7.76. The van der Waals surface area contributed by atoms with Crippen molar-refractivity contribution in [3.05, 3.63) is 22.4 Å². The lowest BCUT2D eigenvalue weighted by Gasteiger charge is -2.40. The van der Waals surface area contributed by atoms with Gasteiger partial charge in [0.15, 0.2) is 0 Å². The average molecular weight is 267 g/mol. The van der Waals surface area contributed by atoms with Crippen molar-refractivity contribution < 1.29 is 9.84 Å². The number of rotatable bonds is 4. The van der Waals surface area contributed by atoms with E-state index in [0.717, 1.165) is 38.9 Å². The van der Waals surface area contributed by atoms with Gasteiger partial charge in [0.1, 0.15) is 0 Å². The second kappa shape index (κ2) is 5.70. The van der Waals surface area contributed by atoms with E-state index in [4.69, 9.17) is 4.74 Å². The molecule has 1 aliphatic heterocycles. The lowest BCUT2D eigenvalue weighted by atomic mass is 9.76. The van der Waals surface area contributed by atoms with E-state index >= 15 is 0 Å². The lowest BCUT2D eigenvalue weighted by molar-refractivity contribution is 0.0153. The summed E-state index contributed by atoms with van der Waals surface area (Å²) in [4.78, 5) is 1.42. The largest absolute Gasteiger partial charge is 0.393 e. The van der Waals surface area contributed by atoms with Crippen molar-refractivity contribution in [3.63, 3.8) is 0 Å². The van der Waals surface area contributed by atoms with Gasteiger partial charge in [-0.25, -0.2) is 0 Å². The van der Waals surface area contributed by atoms with Gasteiger partial charge in [-0.1, -0.05) is 6.07 Å². The number of aliphatic hydroxyl groups excluding tert-OH is 1. The molecule has 3 rings (SSSR count). The molecule has 4 heteroatoms. The van der Waals surface area contributed by atoms with E-state index < -0.39 is 0 Å². The van der Waals surface area contributed by atoms with E-state index in [9.17, 15) is 5.11 Å². The predicted molar refractivity (Wildman–Crippen MR) is 72.8 cm³/mol. The van der Waals surface area contributed by atoms with Crippen molar-refractivity contribution in [1.29, 1.82) is 0 Å². The Morgan fingerprint density at radius 1 is 1.33 bits per heavy atom. The highest BCUT2D eigenvalue weighted by molar-refractivity contribution is 7.10. The summed E-state index contributed by atoms with van der Waals surface area (Å²) in [5.74, 6) is 0.599. The van der Waals surface area contributed by atoms with Crippen LogP contribution in [0, 0.1) is 5.92 Å². The standard InChI is InChI=1S/C14H21NO2S/c16-12-8-10(9-12)14(13-2-1-7-18-13)15-11-3-5-17-6-4-11/h1-2,7,10-12,14-16H,3-6,8-9H2. The lowest BCUT2D eigenvalue weighted by Crippen LogP contribution is -2.44. The first-order chi connectivity index (χ1) is 8.83. The van der Waals surface area contributed by atoms with Crippen LogP contribution in [0.3, 0.4) is 0 Å². The minimum absolute atomic E-state index is 0.0750. The Balaban J connectivity index is 1.65. The van der Waals surface area contributed by atoms with Crippen molar-refractivity contribution in [2.45, 2.75) is 43.9 Å². The molecule has 1 atom stereocenters. The molecule has 1 aromatic rings. The minimum atomic E-state index is -0.0750. The van der Waals surface area contributed by atoms with Crippen molar-refractivity contribution in [2.75, 3.05) is 13.2 Å². The molecule has 2 heterocycles. The normalized spacial score (nSPS) is 30.9. The van der Waals surface area contributed by atoms with Crippen LogP contribution in [-0.2, 0) is 4.74 Å². The van der Waals surface area contributed by atoms with Crippen molar-refractivity contribution in [2.24, 2.45) is 5.92 Å². The molecule has 1 saturated heterocycles. The Morgan fingerprint density at radius 2 is 2.11 bits per heavy atom.